The number of hydrogen-bond acceptors (Lipinski definition) is 6. The highest BCUT2D eigenvalue weighted by molar-refractivity contribution is 5.90. The summed E-state index contributed by atoms with van der Waals surface area (Å²) in [7, 11) is 0. The van der Waals surface area contributed by atoms with Gasteiger partial charge in [0.05, 0.1) is 11.6 Å². The van der Waals surface area contributed by atoms with Crippen molar-refractivity contribution in [3.8, 4) is 0 Å². The van der Waals surface area contributed by atoms with E-state index in [2.05, 4.69) is 25.9 Å². The number of hydrogen-bond donors (Lipinski definition) is 3. The van der Waals surface area contributed by atoms with Crippen LogP contribution in [0.15, 0.2) is 48.5 Å². The van der Waals surface area contributed by atoms with E-state index < -0.39 is 0 Å². The number of carbonyl (C=O) groups excluding carboxylic acids is 1. The fourth-order valence-electron chi connectivity index (χ4n) is 3.25. The summed E-state index contributed by atoms with van der Waals surface area (Å²) in [5.41, 5.74) is 2.45. The lowest BCUT2D eigenvalue weighted by Gasteiger charge is -2.14. The Kier molecular flexibility index (Phi) is 5.34. The van der Waals surface area contributed by atoms with Crippen LogP contribution in [0.25, 0.3) is 10.9 Å². The average Bonchev–Trinajstić information content (AvgIpc) is 3.21. The Morgan fingerprint density at radius 3 is 2.64 bits per heavy atom. The molecule has 144 valence electrons. The van der Waals surface area contributed by atoms with Gasteiger partial charge in [-0.2, -0.15) is 4.98 Å². The van der Waals surface area contributed by atoms with E-state index >= 15 is 0 Å². The van der Waals surface area contributed by atoms with Crippen LogP contribution in [-0.4, -0.2) is 35.1 Å². The van der Waals surface area contributed by atoms with E-state index in [1.54, 1.807) is 0 Å². The standard InChI is InChI=1S/C21H23N5O2/c1-14(27)23-15-8-10-16(11-9-15)24-21-25-19-7-3-2-6-18(19)20(26-21)22-13-17-5-4-12-28-17/h2-3,6-11,17H,4-5,12-13H2,1H3,(H,23,27)(H2,22,24,25,26)/t17-/m1/s1. The largest absolute Gasteiger partial charge is 0.376 e. The number of nitrogens with zero attached hydrogens (tertiary/aromatic N) is 2. The number of carbonyl (C=O) groups is 1. The molecule has 1 fully saturated rings. The quantitative estimate of drug-likeness (QED) is 0.603. The van der Waals surface area contributed by atoms with Gasteiger partial charge >= 0.3 is 0 Å². The fraction of sp³-hybridized carbons (Fsp3) is 0.286. The van der Waals surface area contributed by atoms with Crippen LogP contribution in [0.1, 0.15) is 19.8 Å². The maximum absolute atomic E-state index is 11.1. The molecule has 0 spiro atoms. The summed E-state index contributed by atoms with van der Waals surface area (Å²) in [5.74, 6) is 1.21. The van der Waals surface area contributed by atoms with Gasteiger partial charge in [-0.05, 0) is 49.2 Å². The summed E-state index contributed by atoms with van der Waals surface area (Å²) < 4.78 is 5.70. The summed E-state index contributed by atoms with van der Waals surface area (Å²) in [4.78, 5) is 20.4. The molecule has 2 heterocycles. The Morgan fingerprint density at radius 1 is 1.11 bits per heavy atom. The van der Waals surface area contributed by atoms with Crippen molar-refractivity contribution in [2.24, 2.45) is 0 Å². The molecular weight excluding hydrogens is 354 g/mol. The first kappa shape index (κ1) is 18.2. The molecule has 1 aliphatic heterocycles. The summed E-state index contributed by atoms with van der Waals surface area (Å²) >= 11 is 0. The molecule has 1 aromatic heterocycles. The van der Waals surface area contributed by atoms with Gasteiger partial charge in [-0.1, -0.05) is 12.1 Å². The zero-order valence-electron chi connectivity index (χ0n) is 15.7. The molecular formula is C21H23N5O2. The highest BCUT2D eigenvalue weighted by Crippen LogP contribution is 2.25. The molecule has 1 saturated heterocycles. The van der Waals surface area contributed by atoms with Gasteiger partial charge in [-0.3, -0.25) is 4.79 Å². The van der Waals surface area contributed by atoms with E-state index in [1.807, 2.05) is 48.5 Å². The smallest absolute Gasteiger partial charge is 0.229 e. The predicted octanol–water partition coefficient (Wildman–Crippen LogP) is 3.92. The Morgan fingerprint density at radius 2 is 1.89 bits per heavy atom. The minimum absolute atomic E-state index is 0.0967. The first-order valence-electron chi connectivity index (χ1n) is 9.44. The van der Waals surface area contributed by atoms with Crippen molar-refractivity contribution in [3.05, 3.63) is 48.5 Å². The molecule has 2 aromatic carbocycles. The number of amides is 1. The second-order valence-electron chi connectivity index (χ2n) is 6.81. The van der Waals surface area contributed by atoms with Crippen molar-refractivity contribution in [2.75, 3.05) is 29.1 Å². The maximum Gasteiger partial charge on any atom is 0.229 e. The summed E-state index contributed by atoms with van der Waals surface area (Å²) in [6.45, 7) is 3.05. The average molecular weight is 377 g/mol. The Labute approximate surface area is 163 Å². The third kappa shape index (κ3) is 4.37. The van der Waals surface area contributed by atoms with Gasteiger partial charge in [-0.15, -0.1) is 0 Å². The molecule has 0 bridgehead atoms. The van der Waals surface area contributed by atoms with Crippen molar-refractivity contribution in [2.45, 2.75) is 25.9 Å². The minimum Gasteiger partial charge on any atom is -0.376 e. The fourth-order valence-corrected chi connectivity index (χ4v) is 3.25. The molecule has 1 amide bonds. The highest BCUT2D eigenvalue weighted by atomic mass is 16.5. The van der Waals surface area contributed by atoms with Gasteiger partial charge in [0, 0.05) is 36.8 Å². The number of ether oxygens (including phenoxy) is 1. The molecule has 0 radical (unpaired) electrons. The number of anilines is 4. The number of aromatic nitrogens is 2. The van der Waals surface area contributed by atoms with Crippen molar-refractivity contribution >= 4 is 40.0 Å². The molecule has 7 heteroatoms. The van der Waals surface area contributed by atoms with E-state index in [4.69, 9.17) is 4.74 Å². The van der Waals surface area contributed by atoms with Crippen molar-refractivity contribution in [3.63, 3.8) is 0 Å². The lowest BCUT2D eigenvalue weighted by atomic mass is 10.2. The lowest BCUT2D eigenvalue weighted by Crippen LogP contribution is -2.19. The molecule has 4 rings (SSSR count). The zero-order valence-corrected chi connectivity index (χ0v) is 15.7. The summed E-state index contributed by atoms with van der Waals surface area (Å²) in [6.07, 6.45) is 2.41. The van der Waals surface area contributed by atoms with E-state index in [1.165, 1.54) is 6.92 Å². The highest BCUT2D eigenvalue weighted by Gasteiger charge is 2.16. The van der Waals surface area contributed by atoms with E-state index in [-0.39, 0.29) is 12.0 Å². The second-order valence-corrected chi connectivity index (χ2v) is 6.81. The van der Waals surface area contributed by atoms with Crippen molar-refractivity contribution < 1.29 is 9.53 Å². The van der Waals surface area contributed by atoms with Gasteiger partial charge in [-0.25, -0.2) is 4.98 Å². The SMILES string of the molecule is CC(=O)Nc1ccc(Nc2nc(NC[C@H]3CCCO3)c3ccccc3n2)cc1. The third-order valence-corrected chi connectivity index (χ3v) is 4.59. The van der Waals surface area contributed by atoms with Crippen molar-refractivity contribution in [1.82, 2.24) is 9.97 Å². The molecule has 0 saturated carbocycles. The number of benzene rings is 2. The third-order valence-electron chi connectivity index (χ3n) is 4.59. The van der Waals surface area contributed by atoms with E-state index in [0.29, 0.717) is 5.95 Å². The topological polar surface area (TPSA) is 88.2 Å². The van der Waals surface area contributed by atoms with Gasteiger partial charge in [0.2, 0.25) is 11.9 Å². The summed E-state index contributed by atoms with van der Waals surface area (Å²) in [5, 5.41) is 10.4. The van der Waals surface area contributed by atoms with Crippen molar-refractivity contribution in [1.29, 1.82) is 0 Å². The van der Waals surface area contributed by atoms with E-state index in [0.717, 1.165) is 54.1 Å². The summed E-state index contributed by atoms with van der Waals surface area (Å²) in [6, 6.07) is 15.4. The molecule has 3 N–H and O–H groups in total. The minimum atomic E-state index is -0.0967. The maximum atomic E-state index is 11.1. The van der Waals surface area contributed by atoms with Crippen LogP contribution < -0.4 is 16.0 Å². The molecule has 7 nitrogen and oxygen atoms in total. The zero-order chi connectivity index (χ0) is 19.3. The van der Waals surface area contributed by atoms with Gasteiger partial charge < -0.3 is 20.7 Å². The number of para-hydroxylation sites is 1. The van der Waals surface area contributed by atoms with Gasteiger partial charge in [0.1, 0.15) is 5.82 Å². The van der Waals surface area contributed by atoms with Crippen LogP contribution >= 0.6 is 0 Å². The normalized spacial score (nSPS) is 16.1. The number of fused-ring (bicyclic) bond motifs is 1. The van der Waals surface area contributed by atoms with Crippen LogP contribution in [0.5, 0.6) is 0 Å². The molecule has 1 atom stereocenters. The lowest BCUT2D eigenvalue weighted by molar-refractivity contribution is -0.114. The predicted molar refractivity (Wildman–Crippen MR) is 111 cm³/mol. The van der Waals surface area contributed by atoms with Gasteiger partial charge in [0.25, 0.3) is 0 Å². The van der Waals surface area contributed by atoms with Crippen LogP contribution in [0.4, 0.5) is 23.1 Å². The molecule has 0 unspecified atom stereocenters. The van der Waals surface area contributed by atoms with E-state index in [9.17, 15) is 4.79 Å². The number of nitrogens with one attached hydrogen (secondary N) is 3. The van der Waals surface area contributed by atoms with Crippen LogP contribution in [0, 0.1) is 0 Å². The monoisotopic (exact) mass is 377 g/mol. The second kappa shape index (κ2) is 8.22. The Balaban J connectivity index is 1.55. The number of rotatable bonds is 6. The molecule has 0 aliphatic carbocycles. The Hall–Kier alpha value is -3.19. The molecule has 3 aromatic rings. The van der Waals surface area contributed by atoms with Crippen LogP contribution in [0.2, 0.25) is 0 Å². The van der Waals surface area contributed by atoms with Crippen LogP contribution in [-0.2, 0) is 9.53 Å². The first-order valence-corrected chi connectivity index (χ1v) is 9.44. The molecule has 1 aliphatic rings. The molecule has 28 heavy (non-hydrogen) atoms. The first-order chi connectivity index (χ1) is 13.7. The van der Waals surface area contributed by atoms with Gasteiger partial charge in [0.15, 0.2) is 0 Å². The van der Waals surface area contributed by atoms with Crippen LogP contribution in [0.3, 0.4) is 0 Å². The Bertz CT molecular complexity index is 968.